The Morgan fingerprint density at radius 3 is 2.29 bits per heavy atom. The number of carbonyl (C=O) groups is 2. The molecular weight excluding hydrogens is 454 g/mol. The molecular formula is C24H33N5O4S. The van der Waals surface area contributed by atoms with Gasteiger partial charge in [0.2, 0.25) is 21.8 Å². The fourth-order valence-corrected chi connectivity index (χ4v) is 4.87. The van der Waals surface area contributed by atoms with Crippen LogP contribution in [-0.2, 0) is 32.7 Å². The largest absolute Gasteiger partial charge is 0.351 e. The second kappa shape index (κ2) is 11.6. The van der Waals surface area contributed by atoms with Gasteiger partial charge in [-0.2, -0.15) is 4.31 Å². The first kappa shape index (κ1) is 25.8. The third-order valence-corrected chi connectivity index (χ3v) is 7.55. The smallest absolute Gasteiger partial charge is 0.243 e. The van der Waals surface area contributed by atoms with Crippen molar-refractivity contribution in [2.45, 2.75) is 24.9 Å². The van der Waals surface area contributed by atoms with Gasteiger partial charge in [0.25, 0.3) is 0 Å². The van der Waals surface area contributed by atoms with E-state index in [4.69, 9.17) is 0 Å². The maximum atomic E-state index is 12.8. The van der Waals surface area contributed by atoms with Gasteiger partial charge in [0.1, 0.15) is 0 Å². The number of nitrogens with one attached hydrogen (secondary N) is 2. The van der Waals surface area contributed by atoms with Crippen LogP contribution in [0.2, 0.25) is 0 Å². The minimum atomic E-state index is -3.84. The van der Waals surface area contributed by atoms with E-state index in [1.54, 1.807) is 0 Å². The Kier molecular flexibility index (Phi) is 8.78. The van der Waals surface area contributed by atoms with Gasteiger partial charge in [0, 0.05) is 58.9 Å². The van der Waals surface area contributed by atoms with E-state index in [2.05, 4.69) is 39.6 Å². The molecule has 0 spiro atoms. The Balaban J connectivity index is 1.51. The molecule has 1 heterocycles. The zero-order valence-corrected chi connectivity index (χ0v) is 20.8. The van der Waals surface area contributed by atoms with Crippen molar-refractivity contribution in [3.8, 4) is 0 Å². The summed E-state index contributed by atoms with van der Waals surface area (Å²) in [6.45, 7) is 6.48. The molecule has 0 saturated carbocycles. The lowest BCUT2D eigenvalue weighted by atomic mass is 10.1. The van der Waals surface area contributed by atoms with Crippen molar-refractivity contribution in [2.75, 3.05) is 52.1 Å². The highest BCUT2D eigenvalue weighted by molar-refractivity contribution is 7.89. The minimum Gasteiger partial charge on any atom is -0.351 e. The van der Waals surface area contributed by atoms with E-state index in [0.29, 0.717) is 12.2 Å². The van der Waals surface area contributed by atoms with Crippen molar-refractivity contribution in [1.82, 2.24) is 19.4 Å². The summed E-state index contributed by atoms with van der Waals surface area (Å²) >= 11 is 0. The number of sulfonamides is 1. The van der Waals surface area contributed by atoms with E-state index in [1.807, 2.05) is 12.1 Å². The standard InChI is InChI=1S/C24H33N5O4S/c1-19(30)26-22-7-9-23(10-8-22)34(32,33)28(3)18-24(31)25-16-20-5-4-6-21(15-20)17-29-13-11-27(2)12-14-29/h4-10,15H,11-14,16-18H2,1-3H3,(H,25,31)(H,26,30). The SMILES string of the molecule is CC(=O)Nc1ccc(S(=O)(=O)N(C)CC(=O)NCc2cccc(CN3CCN(C)CC3)c2)cc1. The highest BCUT2D eigenvalue weighted by Crippen LogP contribution is 2.17. The molecule has 0 radical (unpaired) electrons. The van der Waals surface area contributed by atoms with E-state index < -0.39 is 10.0 Å². The summed E-state index contributed by atoms with van der Waals surface area (Å²) in [5.74, 6) is -0.625. The topological polar surface area (TPSA) is 102 Å². The molecule has 1 saturated heterocycles. The first-order chi connectivity index (χ1) is 16.1. The molecule has 3 rings (SSSR count). The number of rotatable bonds is 9. The molecule has 1 aliphatic rings. The Labute approximate surface area is 201 Å². The van der Waals surface area contributed by atoms with E-state index in [0.717, 1.165) is 42.6 Å². The molecule has 1 aliphatic heterocycles. The number of likely N-dealkylation sites (N-methyl/N-ethyl adjacent to an activating group) is 2. The Morgan fingerprint density at radius 1 is 1.00 bits per heavy atom. The normalized spacial score (nSPS) is 15.3. The first-order valence-electron chi connectivity index (χ1n) is 11.2. The van der Waals surface area contributed by atoms with E-state index in [1.165, 1.54) is 43.8 Å². The van der Waals surface area contributed by atoms with Crippen molar-refractivity contribution in [1.29, 1.82) is 0 Å². The quantitative estimate of drug-likeness (QED) is 0.553. The molecule has 10 heteroatoms. The molecule has 34 heavy (non-hydrogen) atoms. The highest BCUT2D eigenvalue weighted by atomic mass is 32.2. The summed E-state index contributed by atoms with van der Waals surface area (Å²) in [7, 11) is -0.338. The Bertz CT molecular complexity index is 1100. The first-order valence-corrected chi connectivity index (χ1v) is 12.7. The van der Waals surface area contributed by atoms with Gasteiger partial charge in [0.15, 0.2) is 0 Å². The van der Waals surface area contributed by atoms with Crippen LogP contribution in [-0.4, -0.2) is 81.2 Å². The molecule has 0 aliphatic carbocycles. The third-order valence-electron chi connectivity index (χ3n) is 5.73. The molecule has 0 unspecified atom stereocenters. The monoisotopic (exact) mass is 487 g/mol. The van der Waals surface area contributed by atoms with Gasteiger partial charge in [-0.3, -0.25) is 14.5 Å². The van der Waals surface area contributed by atoms with Crippen molar-refractivity contribution in [3.05, 3.63) is 59.7 Å². The zero-order chi connectivity index (χ0) is 24.7. The number of hydrogen-bond donors (Lipinski definition) is 2. The molecule has 184 valence electrons. The van der Waals surface area contributed by atoms with E-state index >= 15 is 0 Å². The molecule has 0 bridgehead atoms. The molecule has 0 aromatic heterocycles. The number of hydrogen-bond acceptors (Lipinski definition) is 6. The van der Waals surface area contributed by atoms with Crippen LogP contribution in [0.3, 0.4) is 0 Å². The molecule has 2 aromatic carbocycles. The fraction of sp³-hybridized carbons (Fsp3) is 0.417. The van der Waals surface area contributed by atoms with Crippen LogP contribution in [0.1, 0.15) is 18.1 Å². The van der Waals surface area contributed by atoms with Crippen LogP contribution >= 0.6 is 0 Å². The van der Waals surface area contributed by atoms with Crippen molar-refractivity contribution >= 4 is 27.5 Å². The van der Waals surface area contributed by atoms with Gasteiger partial charge in [0.05, 0.1) is 11.4 Å². The van der Waals surface area contributed by atoms with Gasteiger partial charge >= 0.3 is 0 Å². The predicted molar refractivity (Wildman–Crippen MR) is 132 cm³/mol. The van der Waals surface area contributed by atoms with Crippen LogP contribution in [0.4, 0.5) is 5.69 Å². The second-order valence-corrected chi connectivity index (χ2v) is 10.7. The lowest BCUT2D eigenvalue weighted by Crippen LogP contribution is -2.43. The second-order valence-electron chi connectivity index (χ2n) is 8.64. The maximum Gasteiger partial charge on any atom is 0.243 e. The van der Waals surface area contributed by atoms with Gasteiger partial charge < -0.3 is 15.5 Å². The maximum absolute atomic E-state index is 12.8. The molecule has 2 aromatic rings. The number of benzene rings is 2. The van der Waals surface area contributed by atoms with Crippen LogP contribution in [0.5, 0.6) is 0 Å². The predicted octanol–water partition coefficient (Wildman–Crippen LogP) is 1.33. The Morgan fingerprint density at radius 2 is 1.65 bits per heavy atom. The lowest BCUT2D eigenvalue weighted by Gasteiger charge is -2.32. The number of piperazine rings is 1. The van der Waals surface area contributed by atoms with E-state index in [-0.39, 0.29) is 23.3 Å². The molecule has 1 fully saturated rings. The molecule has 2 N–H and O–H groups in total. The molecule has 0 atom stereocenters. The summed E-state index contributed by atoms with van der Waals surface area (Å²) < 4.78 is 26.6. The van der Waals surface area contributed by atoms with Crippen LogP contribution in [0, 0.1) is 0 Å². The summed E-state index contributed by atoms with van der Waals surface area (Å²) in [5.41, 5.74) is 2.67. The lowest BCUT2D eigenvalue weighted by molar-refractivity contribution is -0.121. The number of anilines is 1. The average molecular weight is 488 g/mol. The minimum absolute atomic E-state index is 0.0495. The summed E-state index contributed by atoms with van der Waals surface area (Å²) in [4.78, 5) is 28.3. The number of carbonyl (C=O) groups excluding carboxylic acids is 2. The summed E-state index contributed by atoms with van der Waals surface area (Å²) in [5, 5.41) is 5.40. The van der Waals surface area contributed by atoms with Gasteiger partial charge in [-0.1, -0.05) is 24.3 Å². The molecule has 9 nitrogen and oxygen atoms in total. The fourth-order valence-electron chi connectivity index (χ4n) is 3.74. The van der Waals surface area contributed by atoms with Gasteiger partial charge in [-0.15, -0.1) is 0 Å². The van der Waals surface area contributed by atoms with Crippen LogP contribution in [0.15, 0.2) is 53.4 Å². The van der Waals surface area contributed by atoms with Crippen LogP contribution < -0.4 is 10.6 Å². The highest BCUT2D eigenvalue weighted by Gasteiger charge is 2.23. The number of nitrogens with zero attached hydrogens (tertiary/aromatic N) is 3. The van der Waals surface area contributed by atoms with Crippen molar-refractivity contribution in [3.63, 3.8) is 0 Å². The van der Waals surface area contributed by atoms with E-state index in [9.17, 15) is 18.0 Å². The molecule has 2 amide bonds. The van der Waals surface area contributed by atoms with Crippen molar-refractivity contribution in [2.24, 2.45) is 0 Å². The zero-order valence-electron chi connectivity index (χ0n) is 20.0. The summed E-state index contributed by atoms with van der Waals surface area (Å²) in [6, 6.07) is 13.9. The van der Waals surface area contributed by atoms with Crippen molar-refractivity contribution < 1.29 is 18.0 Å². The number of amides is 2. The van der Waals surface area contributed by atoms with Gasteiger partial charge in [-0.25, -0.2) is 8.42 Å². The van der Waals surface area contributed by atoms with Crippen LogP contribution in [0.25, 0.3) is 0 Å². The average Bonchev–Trinajstić information content (AvgIpc) is 2.79. The third kappa shape index (κ3) is 7.36. The summed E-state index contributed by atoms with van der Waals surface area (Å²) in [6.07, 6.45) is 0. The Hall–Kier alpha value is -2.79. The van der Waals surface area contributed by atoms with Gasteiger partial charge in [-0.05, 0) is 42.4 Å².